The third-order valence-electron chi connectivity index (χ3n) is 2.76. The predicted molar refractivity (Wildman–Crippen MR) is 91.7 cm³/mol. The summed E-state index contributed by atoms with van der Waals surface area (Å²) >= 11 is 14.1. The molecule has 0 unspecified atom stereocenters. The Hall–Kier alpha value is -0.590. The van der Waals surface area contributed by atoms with Crippen LogP contribution in [0.15, 0.2) is 23.0 Å². The first-order chi connectivity index (χ1) is 9.20. The van der Waals surface area contributed by atoms with Gasteiger partial charge in [-0.2, -0.15) is 0 Å². The summed E-state index contributed by atoms with van der Waals surface area (Å²) in [5, 5.41) is 1.00. The lowest BCUT2D eigenvalue weighted by Crippen LogP contribution is -2.24. The van der Waals surface area contributed by atoms with Gasteiger partial charge in [0.1, 0.15) is 9.39 Å². The molecule has 0 atom stereocenters. The van der Waals surface area contributed by atoms with Crippen molar-refractivity contribution < 1.29 is 0 Å². The molecule has 2 aromatic rings. The molecule has 1 heterocycles. The zero-order valence-electron chi connectivity index (χ0n) is 11.2. The van der Waals surface area contributed by atoms with Crippen LogP contribution in [0.2, 0.25) is 10.0 Å². The number of H-pyrrole nitrogens is 1. The molecule has 0 aliphatic heterocycles. The summed E-state index contributed by atoms with van der Waals surface area (Å²) in [5.74, 6) is 0.460. The summed E-state index contributed by atoms with van der Waals surface area (Å²) < 4.78 is 0.601. The summed E-state index contributed by atoms with van der Waals surface area (Å²) in [7, 11) is 0. The van der Waals surface area contributed by atoms with Crippen molar-refractivity contribution >= 4 is 45.8 Å². The van der Waals surface area contributed by atoms with Crippen LogP contribution >= 0.6 is 45.8 Å². The molecule has 0 fully saturated rings. The van der Waals surface area contributed by atoms with E-state index < -0.39 is 0 Å². The summed E-state index contributed by atoms with van der Waals surface area (Å²) in [4.78, 5) is 19.4. The largest absolute Gasteiger partial charge is 0.306 e. The standard InChI is InChI=1S/C14H13Cl2IN2O/c1-14(2,3)11-10(17)13(20)19-12(18-11)8-5-4-7(15)6-9(8)16/h4-6H,1-3H3,(H,18,19,20). The van der Waals surface area contributed by atoms with Crippen molar-refractivity contribution in [3.05, 3.63) is 47.9 Å². The minimum Gasteiger partial charge on any atom is -0.306 e. The second-order valence-electron chi connectivity index (χ2n) is 5.45. The van der Waals surface area contributed by atoms with E-state index in [1.165, 1.54) is 0 Å². The Bertz CT molecular complexity index is 720. The fourth-order valence-electron chi connectivity index (χ4n) is 1.76. The molecule has 106 valence electrons. The van der Waals surface area contributed by atoms with Crippen LogP contribution in [-0.2, 0) is 5.41 Å². The van der Waals surface area contributed by atoms with Crippen LogP contribution in [0, 0.1) is 3.57 Å². The number of nitrogens with zero attached hydrogens (tertiary/aromatic N) is 1. The van der Waals surface area contributed by atoms with Crippen LogP contribution in [0.5, 0.6) is 0 Å². The maximum atomic E-state index is 12.1. The van der Waals surface area contributed by atoms with Gasteiger partial charge in [-0.15, -0.1) is 0 Å². The topological polar surface area (TPSA) is 45.8 Å². The summed E-state index contributed by atoms with van der Waals surface area (Å²) in [6, 6.07) is 5.10. The van der Waals surface area contributed by atoms with Gasteiger partial charge in [0.15, 0.2) is 0 Å². The molecule has 20 heavy (non-hydrogen) atoms. The summed E-state index contributed by atoms with van der Waals surface area (Å²) in [6.07, 6.45) is 0. The van der Waals surface area contributed by atoms with Gasteiger partial charge >= 0.3 is 0 Å². The molecule has 0 aliphatic carbocycles. The van der Waals surface area contributed by atoms with Crippen LogP contribution < -0.4 is 5.56 Å². The molecule has 0 saturated heterocycles. The third-order valence-corrected chi connectivity index (χ3v) is 4.31. The Morgan fingerprint density at radius 2 is 1.90 bits per heavy atom. The van der Waals surface area contributed by atoms with E-state index in [0.717, 1.165) is 5.69 Å². The van der Waals surface area contributed by atoms with Crippen molar-refractivity contribution in [2.45, 2.75) is 26.2 Å². The minimum atomic E-state index is -0.224. The van der Waals surface area contributed by atoms with Gasteiger partial charge < -0.3 is 4.98 Å². The van der Waals surface area contributed by atoms with E-state index in [-0.39, 0.29) is 11.0 Å². The Labute approximate surface area is 140 Å². The number of aromatic nitrogens is 2. The Morgan fingerprint density at radius 1 is 1.25 bits per heavy atom. The number of hydrogen-bond acceptors (Lipinski definition) is 2. The molecule has 0 radical (unpaired) electrons. The minimum absolute atomic E-state index is 0.161. The van der Waals surface area contributed by atoms with Crippen molar-refractivity contribution in [2.24, 2.45) is 0 Å². The Balaban J connectivity index is 2.70. The van der Waals surface area contributed by atoms with Crippen LogP contribution in [0.3, 0.4) is 0 Å². The zero-order chi connectivity index (χ0) is 15.1. The fraction of sp³-hybridized carbons (Fsp3) is 0.286. The lowest BCUT2D eigenvalue weighted by Gasteiger charge is -2.20. The van der Waals surface area contributed by atoms with E-state index in [9.17, 15) is 4.79 Å². The van der Waals surface area contributed by atoms with Crippen molar-refractivity contribution in [2.75, 3.05) is 0 Å². The van der Waals surface area contributed by atoms with E-state index in [1.54, 1.807) is 18.2 Å². The molecular weight excluding hydrogens is 410 g/mol. The number of halogens is 3. The van der Waals surface area contributed by atoms with E-state index in [1.807, 2.05) is 43.4 Å². The fourth-order valence-corrected chi connectivity index (χ4v) is 3.33. The van der Waals surface area contributed by atoms with E-state index in [0.29, 0.717) is 25.0 Å². The molecule has 1 aromatic heterocycles. The first-order valence-electron chi connectivity index (χ1n) is 5.96. The highest BCUT2D eigenvalue weighted by Crippen LogP contribution is 2.30. The van der Waals surface area contributed by atoms with Crippen molar-refractivity contribution in [3.63, 3.8) is 0 Å². The number of aromatic amines is 1. The first kappa shape index (κ1) is 15.8. The van der Waals surface area contributed by atoms with Crippen molar-refractivity contribution in [3.8, 4) is 11.4 Å². The monoisotopic (exact) mass is 422 g/mol. The Kier molecular flexibility index (Phi) is 4.47. The molecule has 0 bridgehead atoms. The van der Waals surface area contributed by atoms with E-state index >= 15 is 0 Å². The van der Waals surface area contributed by atoms with Gasteiger partial charge in [-0.1, -0.05) is 44.0 Å². The predicted octanol–water partition coefficient (Wildman–Crippen LogP) is 4.65. The van der Waals surface area contributed by atoms with Crippen LogP contribution in [-0.4, -0.2) is 9.97 Å². The second-order valence-corrected chi connectivity index (χ2v) is 7.37. The molecule has 1 N–H and O–H groups in total. The average Bonchev–Trinajstić information content (AvgIpc) is 2.31. The van der Waals surface area contributed by atoms with E-state index in [4.69, 9.17) is 23.2 Å². The zero-order valence-corrected chi connectivity index (χ0v) is 14.9. The summed E-state index contributed by atoms with van der Waals surface area (Å²) in [6.45, 7) is 6.05. The molecule has 1 aromatic carbocycles. The SMILES string of the molecule is CC(C)(C)c1nc(-c2ccc(Cl)cc2Cl)[nH]c(=O)c1I. The molecule has 3 nitrogen and oxygen atoms in total. The summed E-state index contributed by atoms with van der Waals surface area (Å²) in [5.41, 5.74) is 1.03. The maximum absolute atomic E-state index is 12.1. The molecular formula is C14H13Cl2IN2O. The van der Waals surface area contributed by atoms with Gasteiger partial charge in [-0.25, -0.2) is 4.98 Å². The van der Waals surface area contributed by atoms with Crippen LogP contribution in [0.4, 0.5) is 0 Å². The van der Waals surface area contributed by atoms with E-state index in [2.05, 4.69) is 9.97 Å². The molecule has 0 saturated carbocycles. The molecule has 0 amide bonds. The van der Waals surface area contributed by atoms with Crippen molar-refractivity contribution in [1.29, 1.82) is 0 Å². The van der Waals surface area contributed by atoms with Gasteiger partial charge in [-0.05, 0) is 40.8 Å². The number of rotatable bonds is 1. The molecule has 0 aliphatic rings. The number of nitrogens with one attached hydrogen (secondary N) is 1. The number of hydrogen-bond donors (Lipinski definition) is 1. The highest BCUT2D eigenvalue weighted by molar-refractivity contribution is 14.1. The third kappa shape index (κ3) is 3.18. The van der Waals surface area contributed by atoms with Gasteiger partial charge in [0, 0.05) is 16.0 Å². The maximum Gasteiger partial charge on any atom is 0.264 e. The lowest BCUT2D eigenvalue weighted by atomic mass is 9.92. The average molecular weight is 423 g/mol. The normalized spacial score (nSPS) is 11.7. The van der Waals surface area contributed by atoms with Gasteiger partial charge in [0.2, 0.25) is 0 Å². The highest BCUT2D eigenvalue weighted by Gasteiger charge is 2.22. The molecule has 0 spiro atoms. The van der Waals surface area contributed by atoms with Crippen molar-refractivity contribution in [1.82, 2.24) is 9.97 Å². The van der Waals surface area contributed by atoms with Crippen LogP contribution in [0.1, 0.15) is 26.5 Å². The lowest BCUT2D eigenvalue weighted by molar-refractivity contribution is 0.562. The Morgan fingerprint density at radius 3 is 2.45 bits per heavy atom. The molecule has 6 heteroatoms. The van der Waals surface area contributed by atoms with Gasteiger partial charge in [0.25, 0.3) is 5.56 Å². The van der Waals surface area contributed by atoms with Gasteiger partial charge in [0.05, 0.1) is 10.7 Å². The highest BCUT2D eigenvalue weighted by atomic mass is 127. The quantitative estimate of drug-likeness (QED) is 0.680. The first-order valence-corrected chi connectivity index (χ1v) is 7.79. The molecule has 2 rings (SSSR count). The van der Waals surface area contributed by atoms with Gasteiger partial charge in [-0.3, -0.25) is 4.79 Å². The van der Waals surface area contributed by atoms with Crippen LogP contribution in [0.25, 0.3) is 11.4 Å². The smallest absolute Gasteiger partial charge is 0.264 e. The second kappa shape index (κ2) is 5.66. The number of benzene rings is 1.